The molecule has 2 aromatic rings. The highest BCUT2D eigenvalue weighted by molar-refractivity contribution is 5.69. The van der Waals surface area contributed by atoms with E-state index in [-0.39, 0.29) is 12.2 Å². The summed E-state index contributed by atoms with van der Waals surface area (Å²) in [7, 11) is 0. The predicted molar refractivity (Wildman–Crippen MR) is 171 cm³/mol. The number of ether oxygens (including phenoxy) is 4. The first-order valence-electron chi connectivity index (χ1n) is 16.4. The van der Waals surface area contributed by atoms with Crippen molar-refractivity contribution in [3.8, 4) is 11.5 Å². The highest BCUT2D eigenvalue weighted by atomic mass is 16.6. The second-order valence-corrected chi connectivity index (χ2v) is 13.6. The molecule has 2 aliphatic heterocycles. The Labute approximate surface area is 253 Å². The first kappa shape index (κ1) is 29.5. The second kappa shape index (κ2) is 12.6. The van der Waals surface area contributed by atoms with Crippen LogP contribution in [0.25, 0.3) is 11.1 Å². The summed E-state index contributed by atoms with van der Waals surface area (Å²) >= 11 is 0. The number of aryl methyl sites for hydroxylation is 2. The summed E-state index contributed by atoms with van der Waals surface area (Å²) in [5, 5.41) is 0. The number of hydrogen-bond acceptors (Lipinski definition) is 4. The van der Waals surface area contributed by atoms with Crippen molar-refractivity contribution in [1.82, 2.24) is 0 Å². The van der Waals surface area contributed by atoms with Gasteiger partial charge in [0.05, 0.1) is 13.2 Å². The zero-order valence-electron chi connectivity index (χ0n) is 26.4. The maximum absolute atomic E-state index is 5.98. The average molecular weight is 571 g/mol. The molecule has 0 amide bonds. The third-order valence-electron chi connectivity index (χ3n) is 11.0. The van der Waals surface area contributed by atoms with Gasteiger partial charge in [0.15, 0.2) is 0 Å². The first-order chi connectivity index (χ1) is 20.3. The van der Waals surface area contributed by atoms with Crippen LogP contribution in [0.5, 0.6) is 11.5 Å². The fourth-order valence-electron chi connectivity index (χ4n) is 7.62. The van der Waals surface area contributed by atoms with E-state index in [1.807, 2.05) is 0 Å². The number of benzene rings is 2. The molecule has 2 saturated heterocycles. The molecule has 5 atom stereocenters. The van der Waals surface area contributed by atoms with Gasteiger partial charge >= 0.3 is 0 Å². The number of hydrogen-bond donors (Lipinski definition) is 0. The smallest absolute Gasteiger partial charge is 0.122 e. The summed E-state index contributed by atoms with van der Waals surface area (Å²) in [5.74, 6) is 4.14. The van der Waals surface area contributed by atoms with Gasteiger partial charge in [-0.15, -0.1) is 0 Å². The molecule has 2 heterocycles. The molecule has 0 N–H and O–H groups in total. The molecule has 0 saturated carbocycles. The maximum Gasteiger partial charge on any atom is 0.122 e. The van der Waals surface area contributed by atoms with Gasteiger partial charge in [0.25, 0.3) is 0 Å². The van der Waals surface area contributed by atoms with Crippen LogP contribution in [-0.4, -0.2) is 38.6 Å². The lowest BCUT2D eigenvalue weighted by molar-refractivity contribution is 0.0151. The van der Waals surface area contributed by atoms with E-state index in [1.165, 1.54) is 78.3 Å². The molecule has 42 heavy (non-hydrogen) atoms. The number of rotatable bonds is 12. The SMILES string of the molecule is CCC(C)C(C)(C1CC=C(c2ccc(OCC3CO3)c(C)c2)CC1)C1CC=C(c2ccc(OCC3CO3)c(C)c2)CC1. The monoisotopic (exact) mass is 570 g/mol. The molecule has 2 fully saturated rings. The van der Waals surface area contributed by atoms with Crippen molar-refractivity contribution in [2.45, 2.75) is 91.8 Å². The third kappa shape index (κ3) is 6.50. The van der Waals surface area contributed by atoms with Gasteiger partial charge in [0.2, 0.25) is 0 Å². The summed E-state index contributed by atoms with van der Waals surface area (Å²) in [6.07, 6.45) is 14.2. The van der Waals surface area contributed by atoms with Gasteiger partial charge in [0, 0.05) is 0 Å². The van der Waals surface area contributed by atoms with Crippen molar-refractivity contribution in [3.63, 3.8) is 0 Å². The third-order valence-corrected chi connectivity index (χ3v) is 11.0. The summed E-state index contributed by atoms with van der Waals surface area (Å²) in [6.45, 7) is 14.9. The van der Waals surface area contributed by atoms with Crippen molar-refractivity contribution < 1.29 is 18.9 Å². The molecule has 0 bridgehead atoms. The molecule has 2 aromatic carbocycles. The van der Waals surface area contributed by atoms with Crippen LogP contribution in [0.2, 0.25) is 0 Å². The quantitative estimate of drug-likeness (QED) is 0.239. The van der Waals surface area contributed by atoms with E-state index in [9.17, 15) is 0 Å². The largest absolute Gasteiger partial charge is 0.491 e. The van der Waals surface area contributed by atoms with E-state index < -0.39 is 0 Å². The molecule has 2 aliphatic carbocycles. The zero-order valence-corrected chi connectivity index (χ0v) is 26.4. The minimum Gasteiger partial charge on any atom is -0.491 e. The van der Waals surface area contributed by atoms with Crippen molar-refractivity contribution in [2.75, 3.05) is 26.4 Å². The van der Waals surface area contributed by atoms with E-state index in [1.54, 1.807) is 0 Å². The Bertz CT molecular complexity index is 1220. The number of epoxide rings is 2. The molecule has 4 heteroatoms. The van der Waals surface area contributed by atoms with Crippen LogP contribution in [0, 0.1) is 37.0 Å². The molecular weight excluding hydrogens is 520 g/mol. The molecule has 0 aromatic heterocycles. The first-order valence-corrected chi connectivity index (χ1v) is 16.4. The fourth-order valence-corrected chi connectivity index (χ4v) is 7.62. The highest BCUT2D eigenvalue weighted by Gasteiger charge is 2.45. The van der Waals surface area contributed by atoms with E-state index in [4.69, 9.17) is 18.9 Å². The molecule has 4 aliphatic rings. The van der Waals surface area contributed by atoms with E-state index in [0.717, 1.165) is 36.5 Å². The van der Waals surface area contributed by atoms with Gasteiger partial charge < -0.3 is 18.9 Å². The van der Waals surface area contributed by atoms with Gasteiger partial charge in [-0.25, -0.2) is 0 Å². The summed E-state index contributed by atoms with van der Waals surface area (Å²) in [4.78, 5) is 0. The van der Waals surface area contributed by atoms with Crippen LogP contribution in [0.1, 0.15) is 88.0 Å². The lowest BCUT2D eigenvalue weighted by Crippen LogP contribution is -2.42. The highest BCUT2D eigenvalue weighted by Crippen LogP contribution is 2.54. The second-order valence-electron chi connectivity index (χ2n) is 13.6. The Morgan fingerprint density at radius 3 is 1.57 bits per heavy atom. The summed E-state index contributed by atoms with van der Waals surface area (Å²) in [6, 6.07) is 13.5. The molecule has 226 valence electrons. The molecule has 6 rings (SSSR count). The lowest BCUT2D eigenvalue weighted by atomic mass is 9.55. The van der Waals surface area contributed by atoms with E-state index in [2.05, 4.69) is 83.2 Å². The van der Waals surface area contributed by atoms with Gasteiger partial charge in [-0.3, -0.25) is 0 Å². The normalized spacial score (nSPS) is 27.4. The van der Waals surface area contributed by atoms with Gasteiger partial charge in [-0.1, -0.05) is 51.5 Å². The fraction of sp³-hybridized carbons (Fsp3) is 0.579. The minimum atomic E-state index is 0.288. The molecule has 0 radical (unpaired) electrons. The molecule has 4 nitrogen and oxygen atoms in total. The number of allylic oxidation sites excluding steroid dienone is 4. The Hall–Kier alpha value is -2.56. The molecule has 0 spiro atoms. The van der Waals surface area contributed by atoms with E-state index >= 15 is 0 Å². The van der Waals surface area contributed by atoms with Crippen LogP contribution in [0.4, 0.5) is 0 Å². The van der Waals surface area contributed by atoms with Gasteiger partial charge in [0.1, 0.15) is 36.9 Å². The summed E-state index contributed by atoms with van der Waals surface area (Å²) < 4.78 is 22.6. The van der Waals surface area contributed by atoms with Crippen LogP contribution in [0.15, 0.2) is 48.6 Å². The average Bonchev–Trinajstić information content (AvgIpc) is 3.95. The minimum absolute atomic E-state index is 0.288. The summed E-state index contributed by atoms with van der Waals surface area (Å²) in [5.41, 5.74) is 8.53. The maximum atomic E-state index is 5.98. The van der Waals surface area contributed by atoms with Crippen LogP contribution >= 0.6 is 0 Å². The van der Waals surface area contributed by atoms with Gasteiger partial charge in [-0.05, 0) is 133 Å². The zero-order chi connectivity index (χ0) is 29.3. The Morgan fingerprint density at radius 2 is 1.24 bits per heavy atom. The predicted octanol–water partition coefficient (Wildman–Crippen LogP) is 8.98. The lowest BCUT2D eigenvalue weighted by Gasteiger charge is -2.50. The van der Waals surface area contributed by atoms with Crippen LogP contribution in [-0.2, 0) is 9.47 Å². The van der Waals surface area contributed by atoms with Crippen molar-refractivity contribution in [2.24, 2.45) is 23.2 Å². The van der Waals surface area contributed by atoms with E-state index in [0.29, 0.717) is 24.5 Å². The molecule has 5 unspecified atom stereocenters. The van der Waals surface area contributed by atoms with Gasteiger partial charge in [-0.2, -0.15) is 0 Å². The standard InChI is InChI=1S/C38H50O4/c1-6-27(4)38(5,32-13-7-28(8-14-32)30-11-17-36(25(2)19-30)41-23-34-21-39-34)33-15-9-29(10-16-33)31-12-18-37(26(3)20-31)42-24-35-22-40-35/h7,9,11-12,17-20,27,32-35H,6,8,10,13-16,21-24H2,1-5H3. The Kier molecular flexibility index (Phi) is 8.84. The topological polar surface area (TPSA) is 43.5 Å². The Balaban J connectivity index is 1.12. The Morgan fingerprint density at radius 1 is 0.786 bits per heavy atom. The van der Waals surface area contributed by atoms with Crippen molar-refractivity contribution in [3.05, 3.63) is 70.8 Å². The van der Waals surface area contributed by atoms with Crippen molar-refractivity contribution >= 4 is 11.1 Å². The van der Waals surface area contributed by atoms with Crippen LogP contribution < -0.4 is 9.47 Å². The van der Waals surface area contributed by atoms with Crippen LogP contribution in [0.3, 0.4) is 0 Å². The molecular formula is C38H50O4. The van der Waals surface area contributed by atoms with Crippen molar-refractivity contribution in [1.29, 1.82) is 0 Å².